The second-order valence-corrected chi connectivity index (χ2v) is 4.53. The maximum atomic E-state index is 11.9. The lowest BCUT2D eigenvalue weighted by Crippen LogP contribution is -2.56. The monoisotopic (exact) mass is 234 g/mol. The average molecular weight is 234 g/mol. The van der Waals surface area contributed by atoms with E-state index in [9.17, 15) is 4.79 Å². The van der Waals surface area contributed by atoms with E-state index < -0.39 is 5.54 Å². The highest BCUT2D eigenvalue weighted by molar-refractivity contribution is 5.98. The molecule has 1 amide bonds. The Balaban J connectivity index is 1.75. The van der Waals surface area contributed by atoms with E-state index in [0.717, 1.165) is 19.3 Å². The van der Waals surface area contributed by atoms with Crippen LogP contribution in [0.1, 0.15) is 19.3 Å². The molecule has 1 aliphatic carbocycles. The summed E-state index contributed by atoms with van der Waals surface area (Å²) in [5.41, 5.74) is 5.95. The Hall–Kier alpha value is -1.75. The average Bonchev–Trinajstić information content (AvgIpc) is 2.73. The van der Waals surface area contributed by atoms with Crippen LogP contribution < -0.4 is 20.5 Å². The van der Waals surface area contributed by atoms with Gasteiger partial charge in [0.25, 0.3) is 0 Å². The lowest BCUT2D eigenvalue weighted by Gasteiger charge is -2.36. The molecule has 0 aromatic heterocycles. The first-order chi connectivity index (χ1) is 8.17. The van der Waals surface area contributed by atoms with Gasteiger partial charge in [0.2, 0.25) is 12.7 Å². The number of benzene rings is 1. The molecule has 1 fully saturated rings. The first-order valence-electron chi connectivity index (χ1n) is 5.67. The number of hydrogen-bond donors (Lipinski definition) is 2. The molecule has 3 N–H and O–H groups in total. The summed E-state index contributed by atoms with van der Waals surface area (Å²) in [6, 6.07) is 5.32. The van der Waals surface area contributed by atoms with Crippen molar-refractivity contribution < 1.29 is 14.3 Å². The van der Waals surface area contributed by atoms with E-state index in [4.69, 9.17) is 15.2 Å². The maximum Gasteiger partial charge on any atom is 0.244 e. The number of amides is 1. The minimum Gasteiger partial charge on any atom is -0.454 e. The third-order valence-corrected chi connectivity index (χ3v) is 3.33. The van der Waals surface area contributed by atoms with Gasteiger partial charge < -0.3 is 20.5 Å². The van der Waals surface area contributed by atoms with Gasteiger partial charge in [0.05, 0.1) is 5.54 Å². The molecule has 1 aliphatic heterocycles. The van der Waals surface area contributed by atoms with Crippen LogP contribution in [0.5, 0.6) is 11.5 Å². The van der Waals surface area contributed by atoms with Crippen molar-refractivity contribution >= 4 is 11.6 Å². The van der Waals surface area contributed by atoms with E-state index in [2.05, 4.69) is 5.32 Å². The van der Waals surface area contributed by atoms with Crippen molar-refractivity contribution in [1.29, 1.82) is 0 Å². The second-order valence-electron chi connectivity index (χ2n) is 4.53. The minimum atomic E-state index is -0.684. The predicted octanol–water partition coefficient (Wildman–Crippen LogP) is 1.24. The Kier molecular flexibility index (Phi) is 2.22. The first kappa shape index (κ1) is 10.4. The van der Waals surface area contributed by atoms with E-state index in [-0.39, 0.29) is 12.7 Å². The zero-order valence-corrected chi connectivity index (χ0v) is 9.36. The molecule has 5 heteroatoms. The molecule has 0 radical (unpaired) electrons. The molecule has 1 aromatic carbocycles. The molecule has 0 saturated heterocycles. The Morgan fingerprint density at radius 3 is 2.76 bits per heavy atom. The lowest BCUT2D eigenvalue weighted by atomic mass is 9.77. The molecule has 17 heavy (non-hydrogen) atoms. The summed E-state index contributed by atoms with van der Waals surface area (Å²) >= 11 is 0. The quantitative estimate of drug-likeness (QED) is 0.807. The molecule has 0 spiro atoms. The molecule has 3 rings (SSSR count). The van der Waals surface area contributed by atoms with Gasteiger partial charge in [-0.2, -0.15) is 0 Å². The van der Waals surface area contributed by atoms with Gasteiger partial charge in [0.15, 0.2) is 11.5 Å². The number of carbonyl (C=O) groups excluding carboxylic acids is 1. The number of rotatable bonds is 2. The molecule has 1 aromatic rings. The Morgan fingerprint density at radius 2 is 2.06 bits per heavy atom. The van der Waals surface area contributed by atoms with Crippen molar-refractivity contribution in [2.24, 2.45) is 5.73 Å². The van der Waals surface area contributed by atoms with E-state index in [1.54, 1.807) is 18.2 Å². The SMILES string of the molecule is NC1(C(=O)Nc2ccc3c(c2)OCO3)CCC1. The van der Waals surface area contributed by atoms with Gasteiger partial charge in [0.1, 0.15) is 0 Å². The third-order valence-electron chi connectivity index (χ3n) is 3.33. The fourth-order valence-corrected chi connectivity index (χ4v) is 2.01. The van der Waals surface area contributed by atoms with Crippen molar-refractivity contribution in [3.05, 3.63) is 18.2 Å². The number of fused-ring (bicyclic) bond motifs is 1. The molecule has 0 bridgehead atoms. The number of nitrogens with one attached hydrogen (secondary N) is 1. The number of ether oxygens (including phenoxy) is 2. The molecule has 90 valence electrons. The number of anilines is 1. The van der Waals surface area contributed by atoms with Crippen molar-refractivity contribution in [1.82, 2.24) is 0 Å². The van der Waals surface area contributed by atoms with Crippen LogP contribution in [-0.2, 0) is 4.79 Å². The molecule has 5 nitrogen and oxygen atoms in total. The van der Waals surface area contributed by atoms with E-state index >= 15 is 0 Å². The highest BCUT2D eigenvalue weighted by Gasteiger charge is 2.40. The van der Waals surface area contributed by atoms with Gasteiger partial charge in [0, 0.05) is 11.8 Å². The highest BCUT2D eigenvalue weighted by atomic mass is 16.7. The summed E-state index contributed by atoms with van der Waals surface area (Å²) < 4.78 is 10.4. The predicted molar refractivity (Wildman–Crippen MR) is 62.0 cm³/mol. The van der Waals surface area contributed by atoms with E-state index in [1.165, 1.54) is 0 Å². The first-order valence-corrected chi connectivity index (χ1v) is 5.67. The second kappa shape index (κ2) is 3.63. The molecular weight excluding hydrogens is 220 g/mol. The zero-order chi connectivity index (χ0) is 11.9. The van der Waals surface area contributed by atoms with Crippen molar-refractivity contribution in [3.8, 4) is 11.5 Å². The summed E-state index contributed by atoms with van der Waals surface area (Å²) in [5, 5.41) is 2.81. The van der Waals surface area contributed by atoms with Gasteiger partial charge in [-0.15, -0.1) is 0 Å². The zero-order valence-electron chi connectivity index (χ0n) is 9.36. The van der Waals surface area contributed by atoms with Crippen LogP contribution in [-0.4, -0.2) is 18.2 Å². The summed E-state index contributed by atoms with van der Waals surface area (Å²) in [5.74, 6) is 1.24. The topological polar surface area (TPSA) is 73.6 Å². The van der Waals surface area contributed by atoms with Crippen LogP contribution in [0.3, 0.4) is 0 Å². The lowest BCUT2D eigenvalue weighted by molar-refractivity contribution is -0.123. The fraction of sp³-hybridized carbons (Fsp3) is 0.417. The standard InChI is InChI=1S/C12H14N2O3/c13-12(4-1-5-12)11(15)14-8-2-3-9-10(6-8)17-7-16-9/h2-3,6H,1,4-5,7,13H2,(H,14,15). The minimum absolute atomic E-state index is 0.123. The maximum absolute atomic E-state index is 11.9. The molecule has 1 heterocycles. The van der Waals surface area contributed by atoms with Crippen LogP contribution in [0.2, 0.25) is 0 Å². The van der Waals surface area contributed by atoms with Gasteiger partial charge in [-0.05, 0) is 31.4 Å². The number of hydrogen-bond acceptors (Lipinski definition) is 4. The summed E-state index contributed by atoms with van der Waals surface area (Å²) in [6.07, 6.45) is 2.53. The van der Waals surface area contributed by atoms with Gasteiger partial charge in [-0.3, -0.25) is 4.79 Å². The summed E-state index contributed by atoms with van der Waals surface area (Å²) in [4.78, 5) is 11.9. The summed E-state index contributed by atoms with van der Waals surface area (Å²) in [7, 11) is 0. The third kappa shape index (κ3) is 1.72. The molecule has 0 unspecified atom stereocenters. The molecule has 0 atom stereocenters. The normalized spacial score (nSPS) is 19.6. The Bertz CT molecular complexity index is 469. The highest BCUT2D eigenvalue weighted by Crippen LogP contribution is 2.35. The summed E-state index contributed by atoms with van der Waals surface area (Å²) in [6.45, 7) is 0.230. The van der Waals surface area contributed by atoms with Crippen molar-refractivity contribution in [3.63, 3.8) is 0 Å². The van der Waals surface area contributed by atoms with E-state index in [1.807, 2.05) is 0 Å². The van der Waals surface area contributed by atoms with E-state index in [0.29, 0.717) is 17.2 Å². The van der Waals surface area contributed by atoms with Crippen LogP contribution in [0.4, 0.5) is 5.69 Å². The van der Waals surface area contributed by atoms with Crippen LogP contribution in [0, 0.1) is 0 Å². The van der Waals surface area contributed by atoms with Gasteiger partial charge in [-0.25, -0.2) is 0 Å². The van der Waals surface area contributed by atoms with Crippen LogP contribution in [0.15, 0.2) is 18.2 Å². The molecule has 2 aliphatic rings. The Labute approximate surface area is 98.9 Å². The molecule has 1 saturated carbocycles. The van der Waals surface area contributed by atoms with Crippen LogP contribution >= 0.6 is 0 Å². The van der Waals surface area contributed by atoms with Crippen molar-refractivity contribution in [2.45, 2.75) is 24.8 Å². The van der Waals surface area contributed by atoms with Crippen LogP contribution in [0.25, 0.3) is 0 Å². The fourth-order valence-electron chi connectivity index (χ4n) is 2.01. The van der Waals surface area contributed by atoms with Crippen molar-refractivity contribution in [2.75, 3.05) is 12.1 Å². The largest absolute Gasteiger partial charge is 0.454 e. The smallest absolute Gasteiger partial charge is 0.244 e. The molecular formula is C12H14N2O3. The number of nitrogens with two attached hydrogens (primary N) is 1. The van der Waals surface area contributed by atoms with Gasteiger partial charge >= 0.3 is 0 Å². The van der Waals surface area contributed by atoms with Gasteiger partial charge in [-0.1, -0.05) is 0 Å². The Morgan fingerprint density at radius 1 is 1.29 bits per heavy atom. The number of carbonyl (C=O) groups is 1.